The molecule has 5 heteroatoms. The Morgan fingerprint density at radius 2 is 1.81 bits per heavy atom. The number of phenolic OH excluding ortho intramolecular Hbond substituents is 1. The van der Waals surface area contributed by atoms with Gasteiger partial charge in [-0.25, -0.2) is 0 Å². The van der Waals surface area contributed by atoms with E-state index in [1.165, 1.54) is 6.08 Å². The van der Waals surface area contributed by atoms with Crippen LogP contribution in [0.5, 0.6) is 5.75 Å². The topological polar surface area (TPSA) is 77.8 Å². The van der Waals surface area contributed by atoms with E-state index in [2.05, 4.69) is 0 Å². The number of carboxylic acids is 1. The van der Waals surface area contributed by atoms with Gasteiger partial charge in [0.05, 0.1) is 0 Å². The second kappa shape index (κ2) is 6.92. The number of piperidine rings is 1. The lowest BCUT2D eigenvalue weighted by atomic mass is 9.93. The van der Waals surface area contributed by atoms with Crippen LogP contribution in [0.1, 0.15) is 24.8 Å². The summed E-state index contributed by atoms with van der Waals surface area (Å²) in [6.45, 7) is 1.22. The number of carbonyl (C=O) groups excluding carboxylic acids is 1. The SMILES string of the molecule is O=C(O)CC1CCN(C(=O)C=Cc2ccc(O)cc2)CC1. The Kier molecular flexibility index (Phi) is 4.98. The Morgan fingerprint density at radius 3 is 2.38 bits per heavy atom. The minimum Gasteiger partial charge on any atom is -0.508 e. The van der Waals surface area contributed by atoms with E-state index in [9.17, 15) is 14.7 Å². The predicted octanol–water partition coefficient (Wildman–Crippen LogP) is 2.12. The van der Waals surface area contributed by atoms with Crippen molar-refractivity contribution in [3.05, 3.63) is 35.9 Å². The zero-order valence-electron chi connectivity index (χ0n) is 11.7. The third-order valence-electron chi connectivity index (χ3n) is 3.70. The molecule has 1 heterocycles. The molecule has 112 valence electrons. The van der Waals surface area contributed by atoms with E-state index < -0.39 is 5.97 Å². The molecule has 2 N–H and O–H groups in total. The van der Waals surface area contributed by atoms with Crippen molar-refractivity contribution >= 4 is 18.0 Å². The van der Waals surface area contributed by atoms with E-state index in [-0.39, 0.29) is 24.0 Å². The molecule has 0 saturated carbocycles. The summed E-state index contributed by atoms with van der Waals surface area (Å²) in [7, 11) is 0. The van der Waals surface area contributed by atoms with Crippen LogP contribution in [0.2, 0.25) is 0 Å². The van der Waals surface area contributed by atoms with Crippen LogP contribution >= 0.6 is 0 Å². The first-order valence-corrected chi connectivity index (χ1v) is 7.02. The summed E-state index contributed by atoms with van der Waals surface area (Å²) >= 11 is 0. The quantitative estimate of drug-likeness (QED) is 0.832. The molecule has 1 aliphatic heterocycles. The molecule has 1 amide bonds. The number of likely N-dealkylation sites (tertiary alicyclic amines) is 1. The highest BCUT2D eigenvalue weighted by Crippen LogP contribution is 2.20. The van der Waals surface area contributed by atoms with E-state index >= 15 is 0 Å². The third-order valence-corrected chi connectivity index (χ3v) is 3.70. The first-order valence-electron chi connectivity index (χ1n) is 7.02. The Morgan fingerprint density at radius 1 is 1.19 bits per heavy atom. The highest BCUT2D eigenvalue weighted by Gasteiger charge is 2.23. The molecule has 0 spiro atoms. The third kappa shape index (κ3) is 4.63. The lowest BCUT2D eigenvalue weighted by Gasteiger charge is -2.30. The molecule has 0 aromatic heterocycles. The van der Waals surface area contributed by atoms with Gasteiger partial charge in [0, 0.05) is 25.6 Å². The van der Waals surface area contributed by atoms with Gasteiger partial charge in [-0.2, -0.15) is 0 Å². The maximum absolute atomic E-state index is 12.0. The largest absolute Gasteiger partial charge is 0.508 e. The second-order valence-electron chi connectivity index (χ2n) is 5.29. The highest BCUT2D eigenvalue weighted by atomic mass is 16.4. The summed E-state index contributed by atoms with van der Waals surface area (Å²) in [6, 6.07) is 6.61. The van der Waals surface area contributed by atoms with Crippen LogP contribution in [-0.2, 0) is 9.59 Å². The number of hydrogen-bond donors (Lipinski definition) is 2. The molecule has 1 aromatic rings. The molecule has 0 atom stereocenters. The minimum absolute atomic E-state index is 0.0585. The van der Waals surface area contributed by atoms with Crippen LogP contribution in [0.25, 0.3) is 6.08 Å². The number of aromatic hydroxyl groups is 1. The fraction of sp³-hybridized carbons (Fsp3) is 0.375. The molecule has 0 bridgehead atoms. The Labute approximate surface area is 123 Å². The van der Waals surface area contributed by atoms with Gasteiger partial charge in [-0.15, -0.1) is 0 Å². The zero-order chi connectivity index (χ0) is 15.2. The Balaban J connectivity index is 1.84. The van der Waals surface area contributed by atoms with Gasteiger partial charge in [0.15, 0.2) is 0 Å². The summed E-state index contributed by atoms with van der Waals surface area (Å²) in [5.41, 5.74) is 0.849. The highest BCUT2D eigenvalue weighted by molar-refractivity contribution is 5.91. The van der Waals surface area contributed by atoms with Crippen molar-refractivity contribution in [2.75, 3.05) is 13.1 Å². The number of carbonyl (C=O) groups is 2. The van der Waals surface area contributed by atoms with Gasteiger partial charge >= 0.3 is 5.97 Å². The molecule has 0 radical (unpaired) electrons. The van der Waals surface area contributed by atoms with E-state index in [0.29, 0.717) is 13.1 Å². The predicted molar refractivity (Wildman–Crippen MR) is 78.7 cm³/mol. The average molecular weight is 289 g/mol. The van der Waals surface area contributed by atoms with Crippen LogP contribution in [0.4, 0.5) is 0 Å². The molecule has 1 saturated heterocycles. The lowest BCUT2D eigenvalue weighted by molar-refractivity contribution is -0.138. The summed E-state index contributed by atoms with van der Waals surface area (Å²) < 4.78 is 0. The van der Waals surface area contributed by atoms with Crippen LogP contribution in [0.3, 0.4) is 0 Å². The second-order valence-corrected chi connectivity index (χ2v) is 5.29. The molecule has 5 nitrogen and oxygen atoms in total. The standard InChI is InChI=1S/C16H19NO4/c18-14-4-1-12(2-5-14)3-6-15(19)17-9-7-13(8-10-17)11-16(20)21/h1-6,13,18H,7-11H2,(H,20,21). The fourth-order valence-electron chi connectivity index (χ4n) is 2.46. The zero-order valence-corrected chi connectivity index (χ0v) is 11.7. The first-order chi connectivity index (χ1) is 10.0. The van der Waals surface area contributed by atoms with Gasteiger partial charge in [-0.3, -0.25) is 9.59 Å². The number of amides is 1. The van der Waals surface area contributed by atoms with Crippen LogP contribution < -0.4 is 0 Å². The number of carboxylic acid groups (broad SMARTS) is 1. The Hall–Kier alpha value is -2.30. The molecule has 0 unspecified atom stereocenters. The number of rotatable bonds is 4. The van der Waals surface area contributed by atoms with Crippen molar-refractivity contribution in [2.24, 2.45) is 5.92 Å². The van der Waals surface area contributed by atoms with E-state index in [4.69, 9.17) is 5.11 Å². The van der Waals surface area contributed by atoms with Crippen molar-refractivity contribution in [2.45, 2.75) is 19.3 Å². The normalized spacial score (nSPS) is 16.3. The monoisotopic (exact) mass is 289 g/mol. The number of benzene rings is 1. The van der Waals surface area contributed by atoms with Crippen molar-refractivity contribution in [1.29, 1.82) is 0 Å². The van der Waals surface area contributed by atoms with Crippen LogP contribution in [0, 0.1) is 5.92 Å². The van der Waals surface area contributed by atoms with Gasteiger partial charge in [0.2, 0.25) is 5.91 Å². The Bertz CT molecular complexity index is 528. The summed E-state index contributed by atoms with van der Waals surface area (Å²) in [6.07, 6.45) is 4.90. The molecular formula is C16H19NO4. The number of nitrogens with zero attached hydrogens (tertiary/aromatic N) is 1. The van der Waals surface area contributed by atoms with Crippen LogP contribution in [-0.4, -0.2) is 40.1 Å². The van der Waals surface area contributed by atoms with Gasteiger partial charge < -0.3 is 15.1 Å². The first kappa shape index (κ1) is 15.1. The van der Waals surface area contributed by atoms with Gasteiger partial charge in [-0.1, -0.05) is 12.1 Å². The van der Waals surface area contributed by atoms with E-state index in [1.54, 1.807) is 35.2 Å². The van der Waals surface area contributed by atoms with Crippen molar-refractivity contribution in [3.63, 3.8) is 0 Å². The summed E-state index contributed by atoms with van der Waals surface area (Å²) in [5.74, 6) is -0.463. The van der Waals surface area contributed by atoms with E-state index in [1.807, 2.05) is 0 Å². The summed E-state index contributed by atoms with van der Waals surface area (Å²) in [5, 5.41) is 17.9. The minimum atomic E-state index is -0.771. The molecule has 1 aliphatic rings. The van der Waals surface area contributed by atoms with Crippen molar-refractivity contribution in [3.8, 4) is 5.75 Å². The number of phenols is 1. The van der Waals surface area contributed by atoms with Gasteiger partial charge in [0.25, 0.3) is 0 Å². The van der Waals surface area contributed by atoms with Crippen LogP contribution in [0.15, 0.2) is 30.3 Å². The van der Waals surface area contributed by atoms with Crippen molar-refractivity contribution < 1.29 is 19.8 Å². The molecule has 0 aliphatic carbocycles. The maximum Gasteiger partial charge on any atom is 0.303 e. The number of aliphatic carboxylic acids is 1. The molecule has 1 fully saturated rings. The fourth-order valence-corrected chi connectivity index (χ4v) is 2.46. The molecule has 2 rings (SSSR count). The summed E-state index contributed by atoms with van der Waals surface area (Å²) in [4.78, 5) is 24.4. The van der Waals surface area contributed by atoms with E-state index in [0.717, 1.165) is 18.4 Å². The molecule has 1 aromatic carbocycles. The maximum atomic E-state index is 12.0. The van der Waals surface area contributed by atoms with Gasteiger partial charge in [0.1, 0.15) is 5.75 Å². The molecule has 21 heavy (non-hydrogen) atoms. The van der Waals surface area contributed by atoms with Gasteiger partial charge in [-0.05, 0) is 42.5 Å². The average Bonchev–Trinajstić information content (AvgIpc) is 2.46. The smallest absolute Gasteiger partial charge is 0.303 e. The number of hydrogen-bond acceptors (Lipinski definition) is 3. The van der Waals surface area contributed by atoms with Crippen molar-refractivity contribution in [1.82, 2.24) is 4.90 Å². The lowest BCUT2D eigenvalue weighted by Crippen LogP contribution is -2.37. The molecular weight excluding hydrogens is 270 g/mol.